The summed E-state index contributed by atoms with van der Waals surface area (Å²) < 4.78 is 12.4. The van der Waals surface area contributed by atoms with Crippen LogP contribution < -0.4 is 9.47 Å². The lowest BCUT2D eigenvalue weighted by Crippen LogP contribution is -2.10. The Balaban J connectivity index is 1.82. The number of para-hydroxylation sites is 1. The molecule has 2 heterocycles. The lowest BCUT2D eigenvalue weighted by atomic mass is 10.0. The Hall–Kier alpha value is -2.89. The van der Waals surface area contributed by atoms with Crippen molar-refractivity contribution >= 4 is 17.0 Å². The average Bonchev–Trinajstić information content (AvgIpc) is 2.91. The number of esters is 1. The molecule has 0 spiro atoms. The van der Waals surface area contributed by atoms with Crippen molar-refractivity contribution in [2.45, 2.75) is 26.7 Å². The maximum atomic E-state index is 12.1. The normalized spacial score (nSPS) is 10.9. The topological polar surface area (TPSA) is 66.2 Å². The third-order valence-electron chi connectivity index (χ3n) is 4.27. The van der Waals surface area contributed by atoms with E-state index in [-0.39, 0.29) is 12.4 Å². The molecule has 130 valence electrons. The molecule has 3 rings (SSSR count). The first-order valence-corrected chi connectivity index (χ1v) is 8.13. The van der Waals surface area contributed by atoms with Gasteiger partial charge in [0.15, 0.2) is 5.65 Å². The highest BCUT2D eigenvalue weighted by molar-refractivity contribution is 5.86. The molecule has 1 aromatic carbocycles. The molecule has 0 atom stereocenters. The quantitative estimate of drug-likeness (QED) is 0.528. The fourth-order valence-electron chi connectivity index (χ4n) is 3.01. The van der Waals surface area contributed by atoms with Crippen LogP contribution in [0.5, 0.6) is 11.6 Å². The van der Waals surface area contributed by atoms with Gasteiger partial charge in [0.2, 0.25) is 5.88 Å². The lowest BCUT2D eigenvalue weighted by Gasteiger charge is -2.11. The van der Waals surface area contributed by atoms with Gasteiger partial charge < -0.3 is 9.47 Å². The highest BCUT2D eigenvalue weighted by Gasteiger charge is 2.18. The largest absolute Gasteiger partial charge is 0.479 e. The Labute approximate surface area is 146 Å². The van der Waals surface area contributed by atoms with Gasteiger partial charge in [0, 0.05) is 12.7 Å². The lowest BCUT2D eigenvalue weighted by molar-refractivity contribution is -0.134. The minimum absolute atomic E-state index is 0.261. The Kier molecular flexibility index (Phi) is 4.70. The van der Waals surface area contributed by atoms with Crippen molar-refractivity contribution in [3.63, 3.8) is 0 Å². The van der Waals surface area contributed by atoms with Crippen LogP contribution in [0.15, 0.2) is 30.3 Å². The third-order valence-corrected chi connectivity index (χ3v) is 4.27. The number of pyridine rings is 1. The van der Waals surface area contributed by atoms with E-state index in [0.717, 1.165) is 27.9 Å². The van der Waals surface area contributed by atoms with Crippen LogP contribution in [0.1, 0.15) is 23.2 Å². The number of hydrogen-bond donors (Lipinski definition) is 0. The molecule has 0 unspecified atom stereocenters. The van der Waals surface area contributed by atoms with Crippen LogP contribution >= 0.6 is 0 Å². The van der Waals surface area contributed by atoms with E-state index in [1.54, 1.807) is 23.9 Å². The molecule has 6 nitrogen and oxygen atoms in total. The molecule has 0 saturated heterocycles. The zero-order valence-electron chi connectivity index (χ0n) is 14.9. The second-order valence-electron chi connectivity index (χ2n) is 5.92. The van der Waals surface area contributed by atoms with Gasteiger partial charge in [0.05, 0.1) is 18.9 Å². The Morgan fingerprint density at radius 3 is 2.60 bits per heavy atom. The molecule has 0 saturated carbocycles. The van der Waals surface area contributed by atoms with Crippen molar-refractivity contribution < 1.29 is 14.3 Å². The first kappa shape index (κ1) is 17.0. The van der Waals surface area contributed by atoms with E-state index >= 15 is 0 Å². The molecule has 0 bridgehead atoms. The van der Waals surface area contributed by atoms with E-state index < -0.39 is 0 Å². The smallest absolute Gasteiger partial charge is 0.311 e. The number of aryl methyl sites for hydroxylation is 3. The standard InChI is InChI=1S/C19H21N3O3/c1-12-15(10-11-16(23)25-14-8-6-5-7-9-14)13(2)20-18-17(12)19(24-4)21-22(18)3/h5-9H,10-11H2,1-4H3. The minimum Gasteiger partial charge on any atom is -0.479 e. The molecule has 0 radical (unpaired) electrons. The molecular formula is C19H21N3O3. The molecule has 3 aromatic rings. The van der Waals surface area contributed by atoms with E-state index in [1.165, 1.54) is 0 Å². The predicted octanol–water partition coefficient (Wildman–Crippen LogP) is 3.13. The van der Waals surface area contributed by atoms with Gasteiger partial charge in [-0.3, -0.25) is 4.79 Å². The summed E-state index contributed by atoms with van der Waals surface area (Å²) in [6.07, 6.45) is 0.844. The fourth-order valence-corrected chi connectivity index (χ4v) is 3.01. The molecule has 0 fully saturated rings. The van der Waals surface area contributed by atoms with Crippen LogP contribution in [0.4, 0.5) is 0 Å². The summed E-state index contributed by atoms with van der Waals surface area (Å²) in [4.78, 5) is 16.8. The molecule has 6 heteroatoms. The molecular weight excluding hydrogens is 318 g/mol. The van der Waals surface area contributed by atoms with E-state index in [1.807, 2.05) is 39.1 Å². The molecule has 0 N–H and O–H groups in total. The number of nitrogens with zero attached hydrogens (tertiary/aromatic N) is 3. The summed E-state index contributed by atoms with van der Waals surface area (Å²) in [6, 6.07) is 9.09. The minimum atomic E-state index is -0.261. The van der Waals surface area contributed by atoms with Crippen molar-refractivity contribution in [1.82, 2.24) is 14.8 Å². The van der Waals surface area contributed by atoms with Crippen molar-refractivity contribution in [2.75, 3.05) is 7.11 Å². The van der Waals surface area contributed by atoms with Gasteiger partial charge in [-0.25, -0.2) is 9.67 Å². The van der Waals surface area contributed by atoms with Crippen LogP contribution in [-0.2, 0) is 18.3 Å². The highest BCUT2D eigenvalue weighted by atomic mass is 16.5. The monoisotopic (exact) mass is 339 g/mol. The van der Waals surface area contributed by atoms with E-state index in [9.17, 15) is 4.79 Å². The van der Waals surface area contributed by atoms with Crippen molar-refractivity contribution in [1.29, 1.82) is 0 Å². The van der Waals surface area contributed by atoms with E-state index in [0.29, 0.717) is 18.1 Å². The number of hydrogen-bond acceptors (Lipinski definition) is 5. The van der Waals surface area contributed by atoms with Crippen LogP contribution in [0, 0.1) is 13.8 Å². The summed E-state index contributed by atoms with van der Waals surface area (Å²) in [7, 11) is 3.44. The number of methoxy groups -OCH3 is 1. The van der Waals surface area contributed by atoms with Gasteiger partial charge in [-0.1, -0.05) is 18.2 Å². The summed E-state index contributed by atoms with van der Waals surface area (Å²) >= 11 is 0. The zero-order chi connectivity index (χ0) is 18.0. The Morgan fingerprint density at radius 1 is 1.20 bits per heavy atom. The van der Waals surface area contributed by atoms with Gasteiger partial charge in [0.25, 0.3) is 0 Å². The van der Waals surface area contributed by atoms with Crippen LogP contribution in [0.25, 0.3) is 11.0 Å². The van der Waals surface area contributed by atoms with Gasteiger partial charge >= 0.3 is 5.97 Å². The van der Waals surface area contributed by atoms with Crippen molar-refractivity contribution in [3.05, 3.63) is 47.2 Å². The zero-order valence-corrected chi connectivity index (χ0v) is 14.9. The Bertz CT molecular complexity index is 917. The molecule has 0 amide bonds. The molecule has 25 heavy (non-hydrogen) atoms. The summed E-state index contributed by atoms with van der Waals surface area (Å²) in [5.41, 5.74) is 3.74. The second kappa shape index (κ2) is 6.93. The van der Waals surface area contributed by atoms with Crippen molar-refractivity contribution in [3.8, 4) is 11.6 Å². The van der Waals surface area contributed by atoms with Gasteiger partial charge in [-0.2, -0.15) is 0 Å². The molecule has 2 aromatic heterocycles. The number of benzene rings is 1. The fraction of sp³-hybridized carbons (Fsp3) is 0.316. The van der Waals surface area contributed by atoms with E-state index in [4.69, 9.17) is 9.47 Å². The number of ether oxygens (including phenoxy) is 2. The summed E-state index contributed by atoms with van der Waals surface area (Å²) in [5.74, 6) is 0.849. The van der Waals surface area contributed by atoms with Gasteiger partial charge in [0.1, 0.15) is 5.75 Å². The predicted molar refractivity (Wildman–Crippen MR) is 94.9 cm³/mol. The molecule has 0 aliphatic rings. The van der Waals surface area contributed by atoms with E-state index in [2.05, 4.69) is 10.1 Å². The number of carbonyl (C=O) groups is 1. The van der Waals surface area contributed by atoms with Crippen molar-refractivity contribution in [2.24, 2.45) is 7.05 Å². The second-order valence-corrected chi connectivity index (χ2v) is 5.92. The highest BCUT2D eigenvalue weighted by Crippen LogP contribution is 2.30. The summed E-state index contributed by atoms with van der Waals surface area (Å²) in [5, 5.41) is 5.23. The summed E-state index contributed by atoms with van der Waals surface area (Å²) in [6.45, 7) is 3.96. The molecule has 0 aliphatic heterocycles. The Morgan fingerprint density at radius 2 is 1.92 bits per heavy atom. The third kappa shape index (κ3) is 3.33. The number of fused-ring (bicyclic) bond motifs is 1. The van der Waals surface area contributed by atoms with Gasteiger partial charge in [-0.15, -0.1) is 5.10 Å². The van der Waals surface area contributed by atoms with Gasteiger partial charge in [-0.05, 0) is 43.5 Å². The number of aromatic nitrogens is 3. The number of rotatable bonds is 5. The van der Waals surface area contributed by atoms with Crippen LogP contribution in [-0.4, -0.2) is 27.8 Å². The maximum Gasteiger partial charge on any atom is 0.311 e. The first-order chi connectivity index (χ1) is 12.0. The van der Waals surface area contributed by atoms with Crippen LogP contribution in [0.3, 0.4) is 0 Å². The number of carbonyl (C=O) groups excluding carboxylic acids is 1. The maximum absolute atomic E-state index is 12.1. The first-order valence-electron chi connectivity index (χ1n) is 8.13. The SMILES string of the molecule is COc1nn(C)c2nc(C)c(CCC(=O)Oc3ccccc3)c(C)c12. The average molecular weight is 339 g/mol. The van der Waals surface area contributed by atoms with Crippen LogP contribution in [0.2, 0.25) is 0 Å². The molecule has 0 aliphatic carbocycles.